The van der Waals surface area contributed by atoms with E-state index in [1.165, 1.54) is 5.56 Å². The molecule has 0 saturated heterocycles. The highest BCUT2D eigenvalue weighted by Crippen LogP contribution is 2.53. The lowest BCUT2D eigenvalue weighted by molar-refractivity contribution is 0.0511. The molecule has 1 fully saturated rings. The molecule has 0 bridgehead atoms. The summed E-state index contributed by atoms with van der Waals surface area (Å²) in [6.07, 6.45) is 3.58. The molecule has 2 aromatic carbocycles. The quantitative estimate of drug-likeness (QED) is 0.601. The molecular formula is C24H28ClNO3. The van der Waals surface area contributed by atoms with Crippen molar-refractivity contribution in [1.29, 1.82) is 0 Å². The lowest BCUT2D eigenvalue weighted by Gasteiger charge is -2.49. The molecule has 1 aliphatic carbocycles. The Labute approximate surface area is 177 Å². The molecule has 1 N–H and O–H groups in total. The molecule has 0 aliphatic heterocycles. The van der Waals surface area contributed by atoms with Crippen LogP contribution in [-0.4, -0.2) is 24.5 Å². The second-order valence-electron chi connectivity index (χ2n) is 8.74. The van der Waals surface area contributed by atoms with Gasteiger partial charge >= 0.3 is 6.09 Å². The highest BCUT2D eigenvalue weighted by molar-refractivity contribution is 6.30. The van der Waals surface area contributed by atoms with E-state index in [1.54, 1.807) is 6.07 Å². The number of hydrogen-bond donors (Lipinski definition) is 1. The van der Waals surface area contributed by atoms with E-state index in [0.29, 0.717) is 17.1 Å². The topological polar surface area (TPSA) is 55.4 Å². The van der Waals surface area contributed by atoms with Crippen LogP contribution in [0.3, 0.4) is 0 Å². The van der Waals surface area contributed by atoms with E-state index in [9.17, 15) is 9.59 Å². The third-order valence-electron chi connectivity index (χ3n) is 5.63. The average molecular weight is 414 g/mol. The fraction of sp³-hybridized carbons (Fsp3) is 0.417. The molecule has 0 heterocycles. The summed E-state index contributed by atoms with van der Waals surface area (Å²) in [4.78, 5) is 23.7. The summed E-state index contributed by atoms with van der Waals surface area (Å²) in [5.41, 5.74) is 2.22. The zero-order valence-electron chi connectivity index (χ0n) is 17.2. The number of benzene rings is 2. The smallest absolute Gasteiger partial charge is 0.407 e. The molecule has 29 heavy (non-hydrogen) atoms. The number of halogens is 1. The molecule has 0 aromatic heterocycles. The zero-order chi connectivity index (χ0) is 21.1. The van der Waals surface area contributed by atoms with Crippen molar-refractivity contribution in [3.05, 3.63) is 70.2 Å². The van der Waals surface area contributed by atoms with Crippen LogP contribution in [0.15, 0.2) is 48.5 Å². The Morgan fingerprint density at radius 3 is 2.45 bits per heavy atom. The monoisotopic (exact) mass is 413 g/mol. The second-order valence-corrected chi connectivity index (χ2v) is 9.18. The summed E-state index contributed by atoms with van der Waals surface area (Å²) in [6, 6.07) is 15.6. The summed E-state index contributed by atoms with van der Waals surface area (Å²) in [6.45, 7) is 5.97. The van der Waals surface area contributed by atoms with E-state index in [4.69, 9.17) is 16.3 Å². The number of nitrogens with one attached hydrogen (secondary N) is 1. The van der Waals surface area contributed by atoms with Crippen molar-refractivity contribution < 1.29 is 14.3 Å². The third kappa shape index (κ3) is 4.99. The van der Waals surface area contributed by atoms with Crippen LogP contribution in [0.25, 0.3) is 0 Å². The maximum Gasteiger partial charge on any atom is 0.407 e. The van der Waals surface area contributed by atoms with Crippen LogP contribution in [0, 0.1) is 0 Å². The van der Waals surface area contributed by atoms with Gasteiger partial charge in [0.25, 0.3) is 0 Å². The Kier molecular flexibility index (Phi) is 6.33. The number of alkyl carbamates (subject to hydrolysis) is 1. The number of carbonyl (C=O) groups excluding carboxylic acids is 2. The van der Waals surface area contributed by atoms with Crippen molar-refractivity contribution in [2.45, 2.75) is 57.0 Å². The predicted octanol–water partition coefficient (Wildman–Crippen LogP) is 5.88. The normalized spacial score (nSPS) is 16.4. The van der Waals surface area contributed by atoms with Crippen LogP contribution in [0.5, 0.6) is 0 Å². The minimum absolute atomic E-state index is 0.0184. The van der Waals surface area contributed by atoms with Gasteiger partial charge in [0, 0.05) is 28.5 Å². The lowest BCUT2D eigenvalue weighted by atomic mass is 9.56. The summed E-state index contributed by atoms with van der Waals surface area (Å²) in [5, 5.41) is 3.66. The molecule has 0 spiro atoms. The van der Waals surface area contributed by atoms with Gasteiger partial charge in [-0.05, 0) is 62.9 Å². The van der Waals surface area contributed by atoms with Crippen molar-refractivity contribution in [2.75, 3.05) is 6.54 Å². The van der Waals surface area contributed by atoms with Crippen LogP contribution >= 0.6 is 11.6 Å². The van der Waals surface area contributed by atoms with Gasteiger partial charge in [-0.3, -0.25) is 4.79 Å². The SMILES string of the molecule is CC(C)(C)OC(=O)NCC(c1cccc(C=O)c1)C1(c2ccc(Cl)cc2)CCC1. The van der Waals surface area contributed by atoms with Gasteiger partial charge in [-0.25, -0.2) is 4.79 Å². The van der Waals surface area contributed by atoms with Gasteiger partial charge in [-0.2, -0.15) is 0 Å². The second kappa shape index (κ2) is 8.58. The van der Waals surface area contributed by atoms with Crippen LogP contribution in [-0.2, 0) is 10.2 Å². The summed E-state index contributed by atoms with van der Waals surface area (Å²) >= 11 is 6.11. The van der Waals surface area contributed by atoms with Crippen LogP contribution < -0.4 is 5.32 Å². The Balaban J connectivity index is 1.94. The van der Waals surface area contributed by atoms with Crippen LogP contribution in [0.2, 0.25) is 5.02 Å². The molecule has 1 unspecified atom stereocenters. The van der Waals surface area contributed by atoms with Gasteiger partial charge in [-0.1, -0.05) is 48.4 Å². The van der Waals surface area contributed by atoms with E-state index >= 15 is 0 Å². The van der Waals surface area contributed by atoms with Crippen molar-refractivity contribution >= 4 is 24.0 Å². The van der Waals surface area contributed by atoms with Gasteiger partial charge in [0.1, 0.15) is 11.9 Å². The lowest BCUT2D eigenvalue weighted by Crippen LogP contribution is -2.46. The first-order chi connectivity index (χ1) is 13.7. The van der Waals surface area contributed by atoms with Crippen molar-refractivity contribution in [1.82, 2.24) is 5.32 Å². The standard InChI is InChI=1S/C24H28ClNO3/c1-23(2,3)29-22(28)26-15-21(18-7-4-6-17(14-18)16-27)24(12-5-13-24)19-8-10-20(25)11-9-19/h4,6-11,14,16,21H,5,12-13,15H2,1-3H3,(H,26,28). The number of amides is 1. The van der Waals surface area contributed by atoms with Gasteiger partial charge in [-0.15, -0.1) is 0 Å². The Morgan fingerprint density at radius 2 is 1.90 bits per heavy atom. The molecule has 3 rings (SSSR count). The van der Waals surface area contributed by atoms with Crippen molar-refractivity contribution in [3.63, 3.8) is 0 Å². The number of hydrogen-bond acceptors (Lipinski definition) is 3. The minimum atomic E-state index is -0.554. The van der Waals surface area contributed by atoms with Crippen LogP contribution in [0.4, 0.5) is 4.79 Å². The van der Waals surface area contributed by atoms with Gasteiger partial charge in [0.2, 0.25) is 0 Å². The molecule has 0 radical (unpaired) electrons. The molecule has 5 heteroatoms. The first-order valence-corrected chi connectivity index (χ1v) is 10.4. The molecule has 1 saturated carbocycles. The number of ether oxygens (including phenoxy) is 1. The fourth-order valence-electron chi connectivity index (χ4n) is 4.16. The van der Waals surface area contributed by atoms with E-state index in [0.717, 1.165) is 31.1 Å². The highest BCUT2D eigenvalue weighted by atomic mass is 35.5. The molecule has 154 valence electrons. The molecule has 1 atom stereocenters. The predicted molar refractivity (Wildman–Crippen MR) is 116 cm³/mol. The van der Waals surface area contributed by atoms with Crippen molar-refractivity contribution in [2.24, 2.45) is 0 Å². The Bertz CT molecular complexity index is 866. The number of aldehydes is 1. The van der Waals surface area contributed by atoms with Crippen molar-refractivity contribution in [3.8, 4) is 0 Å². The number of rotatable bonds is 6. The molecule has 1 amide bonds. The fourth-order valence-corrected chi connectivity index (χ4v) is 4.28. The first kappa shape index (κ1) is 21.4. The summed E-state index contributed by atoms with van der Waals surface area (Å²) in [5.74, 6) is 0.0184. The Morgan fingerprint density at radius 1 is 1.21 bits per heavy atom. The summed E-state index contributed by atoms with van der Waals surface area (Å²) in [7, 11) is 0. The van der Waals surface area contributed by atoms with E-state index in [1.807, 2.05) is 51.1 Å². The number of carbonyl (C=O) groups is 2. The van der Waals surface area contributed by atoms with Gasteiger partial charge in [0.15, 0.2) is 0 Å². The maximum absolute atomic E-state index is 12.3. The minimum Gasteiger partial charge on any atom is -0.444 e. The third-order valence-corrected chi connectivity index (χ3v) is 5.88. The molecule has 1 aliphatic rings. The maximum atomic E-state index is 12.3. The van der Waals surface area contributed by atoms with E-state index < -0.39 is 11.7 Å². The van der Waals surface area contributed by atoms with Gasteiger partial charge < -0.3 is 10.1 Å². The largest absolute Gasteiger partial charge is 0.444 e. The summed E-state index contributed by atoms with van der Waals surface area (Å²) < 4.78 is 5.43. The molecular weight excluding hydrogens is 386 g/mol. The highest BCUT2D eigenvalue weighted by Gasteiger charge is 2.46. The van der Waals surface area contributed by atoms with E-state index in [-0.39, 0.29) is 11.3 Å². The molecule has 2 aromatic rings. The molecule has 4 nitrogen and oxygen atoms in total. The van der Waals surface area contributed by atoms with Crippen LogP contribution in [0.1, 0.15) is 67.4 Å². The zero-order valence-corrected chi connectivity index (χ0v) is 18.0. The van der Waals surface area contributed by atoms with E-state index in [2.05, 4.69) is 17.4 Å². The van der Waals surface area contributed by atoms with Gasteiger partial charge in [0.05, 0.1) is 0 Å². The Hall–Kier alpha value is -2.33. The first-order valence-electron chi connectivity index (χ1n) is 10.0. The average Bonchev–Trinajstić information content (AvgIpc) is 2.63.